The quantitative estimate of drug-likeness (QED) is 0.0430. The minimum absolute atomic E-state index is 1.01. The van der Waals surface area contributed by atoms with Crippen LogP contribution < -0.4 is 0 Å². The first-order chi connectivity index (χ1) is 57.9. The van der Waals surface area contributed by atoms with Gasteiger partial charge in [0.1, 0.15) is 0 Å². The van der Waals surface area contributed by atoms with Crippen LogP contribution in [-0.4, -0.2) is 0 Å². The van der Waals surface area contributed by atoms with E-state index >= 15 is 0 Å². The van der Waals surface area contributed by atoms with Gasteiger partial charge < -0.3 is 0 Å². The van der Waals surface area contributed by atoms with Crippen molar-refractivity contribution in [3.8, 4) is 0 Å². The smallest absolute Gasteiger partial charge is 0.0348 e. The monoisotopic (exact) mass is 1630 g/mol. The molecule has 12 rings (SSSR count). The van der Waals surface area contributed by atoms with Crippen molar-refractivity contribution in [2.45, 2.75) is 531 Å². The molecule has 118 heavy (non-hydrogen) atoms. The summed E-state index contributed by atoms with van der Waals surface area (Å²) in [6.07, 6.45) is 129. The van der Waals surface area contributed by atoms with Gasteiger partial charge in [-0.2, -0.15) is 0 Å². The summed E-state index contributed by atoms with van der Waals surface area (Å²) in [4.78, 5) is 0. The van der Waals surface area contributed by atoms with Crippen LogP contribution in [0.1, 0.15) is 531 Å². The first-order valence-corrected chi connectivity index (χ1v) is 55.6. The highest BCUT2D eigenvalue weighted by molar-refractivity contribution is 4.92. The Balaban J connectivity index is 0.000000196. The van der Waals surface area contributed by atoms with E-state index in [1.54, 1.807) is 141 Å². The van der Waals surface area contributed by atoms with Crippen LogP contribution in [0.4, 0.5) is 0 Å². The Morgan fingerprint density at radius 3 is 0.525 bits per heavy atom. The Bertz CT molecular complexity index is 2390. The Kier molecular flexibility index (Phi) is 57.1. The Hall–Kier alpha value is -1.56. The van der Waals surface area contributed by atoms with Gasteiger partial charge in [0.25, 0.3) is 0 Å². The van der Waals surface area contributed by atoms with Crippen molar-refractivity contribution in [3.63, 3.8) is 0 Å². The van der Waals surface area contributed by atoms with Crippen LogP contribution >= 0.6 is 0 Å². The molecule has 0 aliphatic heterocycles. The van der Waals surface area contributed by atoms with Crippen LogP contribution in [0.2, 0.25) is 0 Å². The van der Waals surface area contributed by atoms with E-state index in [0.717, 1.165) is 142 Å². The third-order valence-corrected chi connectivity index (χ3v) is 36.5. The fourth-order valence-corrected chi connectivity index (χ4v) is 28.0. The third kappa shape index (κ3) is 41.9. The van der Waals surface area contributed by atoms with E-state index in [-0.39, 0.29) is 0 Å². The highest BCUT2D eigenvalue weighted by Crippen LogP contribution is 2.50. The molecule has 0 aromatic heterocycles. The van der Waals surface area contributed by atoms with E-state index in [1.807, 2.05) is 0 Å². The van der Waals surface area contributed by atoms with Gasteiger partial charge in [0.05, 0.1) is 0 Å². The van der Waals surface area contributed by atoms with Crippen LogP contribution in [-0.2, 0) is 0 Å². The SMILES string of the molecule is C/C=C/CCC1CCC(C2CCC(C)CC2)CC1.C/C=C/CCC1CCC(C2CCC(CCC)CC2)CC1.C/C=C/CCC1CCC(C2CCC(CCCCC)CC2)CC1.C=CCCC1CCC(C2CCC(CC)CC2)CC1.C=CCCC1CCC(C2CCC(CCC)CC2)CC1.C=CCCC1CCC(C2CCC(CCCCC)CC2)CC1. The molecular weight excluding hydrogens is 1420 g/mol. The minimum Gasteiger partial charge on any atom is -0.103 e. The molecule has 0 aromatic carbocycles. The van der Waals surface area contributed by atoms with Crippen molar-refractivity contribution in [3.05, 3.63) is 74.4 Å². The van der Waals surface area contributed by atoms with Crippen LogP contribution in [0.3, 0.4) is 0 Å². The van der Waals surface area contributed by atoms with Crippen molar-refractivity contribution in [1.29, 1.82) is 0 Å². The zero-order chi connectivity index (χ0) is 83.8. The lowest BCUT2D eigenvalue weighted by Crippen LogP contribution is -2.25. The standard InChI is InChI=1S/C22H40.C21H38.C20H36.C19H34.2C18H32/c1-3-5-7-9-19-11-15-21(16-12-19)22-17-13-20(14-18-22)10-8-6-4-2;1-3-5-7-9-19-12-16-21(17-13-19)20-14-10-18(11-15-20)8-6-4-2;1-3-5-6-8-18-11-15-20(16-12-18)19-13-9-17(7-4-2)10-14-19;1-3-5-7-17-10-14-19(15-11-17)18-12-8-16(6-4-2)9-13-18;1-3-4-5-6-16-9-13-18(14-10-16)17-11-7-15(2)8-12-17;1-3-5-6-16-9-13-18(14-10-16)17-11-7-15(4-2)8-12-17/h3,5,19-22H,4,6-18H2,1-2H3;4,18-21H,2-3,5-17H2,1H3;3,5,17-20H,4,6-16H2,1-2H3;3,16-19H,1,4-15H2,2H3;3-4,15-18H,5-14H2,1-2H3;3,15-18H,1,4-14H2,2H3/b5-3+;;5-3+;;4-3+;. The fourth-order valence-electron chi connectivity index (χ4n) is 28.0. The zero-order valence-corrected chi connectivity index (χ0v) is 81.8. The summed E-state index contributed by atoms with van der Waals surface area (Å²) < 4.78 is 0. The molecule has 0 heteroatoms. The summed E-state index contributed by atoms with van der Waals surface area (Å²) in [5, 5.41) is 0. The summed E-state index contributed by atoms with van der Waals surface area (Å²) >= 11 is 0. The third-order valence-electron chi connectivity index (χ3n) is 36.5. The Labute approximate surface area is 742 Å². The molecule has 0 N–H and O–H groups in total. The average molecular weight is 1630 g/mol. The van der Waals surface area contributed by atoms with Crippen LogP contribution in [0.5, 0.6) is 0 Å². The van der Waals surface area contributed by atoms with Crippen LogP contribution in [0.15, 0.2) is 74.4 Å². The number of hydrogen-bond donors (Lipinski definition) is 0. The van der Waals surface area contributed by atoms with Gasteiger partial charge in [-0.05, 0) is 394 Å². The minimum atomic E-state index is 1.01. The number of unbranched alkanes of at least 4 members (excludes halogenated alkanes) is 4. The average Bonchev–Trinajstić information content (AvgIpc) is 0.884. The molecule has 0 atom stereocenters. The molecule has 12 aliphatic rings. The van der Waals surface area contributed by atoms with Gasteiger partial charge in [0.2, 0.25) is 0 Å². The highest BCUT2D eigenvalue weighted by Gasteiger charge is 2.37. The van der Waals surface area contributed by atoms with Crippen molar-refractivity contribution < 1.29 is 0 Å². The van der Waals surface area contributed by atoms with Gasteiger partial charge in [0, 0.05) is 0 Å². The molecule has 12 fully saturated rings. The number of hydrogen-bond acceptors (Lipinski definition) is 0. The lowest BCUT2D eigenvalue weighted by Gasteiger charge is -2.38. The van der Waals surface area contributed by atoms with Gasteiger partial charge >= 0.3 is 0 Å². The Morgan fingerprint density at radius 1 is 0.186 bits per heavy atom. The predicted octanol–water partition coefficient (Wildman–Crippen LogP) is 39.8. The lowest BCUT2D eigenvalue weighted by atomic mass is 9.68. The number of allylic oxidation sites excluding steroid dienone is 9. The molecule has 0 heterocycles. The second-order valence-electron chi connectivity index (χ2n) is 44.6. The van der Waals surface area contributed by atoms with Gasteiger partial charge in [-0.25, -0.2) is 0 Å². The van der Waals surface area contributed by atoms with Gasteiger partial charge in [-0.3, -0.25) is 0 Å². The van der Waals surface area contributed by atoms with E-state index in [2.05, 4.69) is 137 Å². The molecule has 0 saturated heterocycles. The normalized spacial score (nSPS) is 35.6. The topological polar surface area (TPSA) is 0 Å². The van der Waals surface area contributed by atoms with E-state index in [4.69, 9.17) is 0 Å². The molecule has 684 valence electrons. The second kappa shape index (κ2) is 65.1. The van der Waals surface area contributed by atoms with E-state index < -0.39 is 0 Å². The lowest BCUT2D eigenvalue weighted by molar-refractivity contribution is 0.140. The van der Waals surface area contributed by atoms with Gasteiger partial charge in [-0.1, -0.05) is 334 Å². The molecule has 12 aliphatic carbocycles. The van der Waals surface area contributed by atoms with Gasteiger partial charge in [-0.15, -0.1) is 19.7 Å². The largest absolute Gasteiger partial charge is 0.103 e. The molecule has 0 nitrogen and oxygen atoms in total. The molecule has 12 saturated carbocycles. The van der Waals surface area contributed by atoms with Crippen molar-refractivity contribution in [2.75, 3.05) is 0 Å². The molecule has 0 aromatic rings. The van der Waals surface area contributed by atoms with E-state index in [1.165, 1.54) is 327 Å². The maximum atomic E-state index is 3.87. The van der Waals surface area contributed by atoms with Gasteiger partial charge in [0.15, 0.2) is 0 Å². The summed E-state index contributed by atoms with van der Waals surface area (Å²) in [5.41, 5.74) is 0. The first-order valence-electron chi connectivity index (χ1n) is 55.6. The number of rotatable bonds is 37. The molecular formula is C118H212. The van der Waals surface area contributed by atoms with E-state index in [9.17, 15) is 0 Å². The van der Waals surface area contributed by atoms with Crippen LogP contribution in [0, 0.1) is 142 Å². The molecule has 0 amide bonds. The second-order valence-corrected chi connectivity index (χ2v) is 44.6. The Morgan fingerprint density at radius 2 is 0.356 bits per heavy atom. The maximum Gasteiger partial charge on any atom is -0.0348 e. The van der Waals surface area contributed by atoms with Crippen LogP contribution in [0.25, 0.3) is 0 Å². The molecule has 0 spiro atoms. The summed E-state index contributed by atoms with van der Waals surface area (Å²) in [5.74, 6) is 25.7. The highest BCUT2D eigenvalue weighted by atomic mass is 14.4. The first kappa shape index (κ1) is 104. The van der Waals surface area contributed by atoms with Crippen molar-refractivity contribution >= 4 is 0 Å². The molecule has 0 unspecified atom stereocenters. The molecule has 0 bridgehead atoms. The predicted molar refractivity (Wildman–Crippen MR) is 530 cm³/mol. The summed E-state index contributed by atoms with van der Waals surface area (Å²) in [6.45, 7) is 32.2. The van der Waals surface area contributed by atoms with Crippen molar-refractivity contribution in [1.82, 2.24) is 0 Å². The maximum absolute atomic E-state index is 3.87. The fraction of sp³-hybridized carbons (Fsp3) is 0.898. The van der Waals surface area contributed by atoms with E-state index in [0.29, 0.717) is 0 Å². The van der Waals surface area contributed by atoms with Crippen molar-refractivity contribution in [2.24, 2.45) is 142 Å². The summed E-state index contributed by atoms with van der Waals surface area (Å²) in [6, 6.07) is 0. The summed E-state index contributed by atoms with van der Waals surface area (Å²) in [7, 11) is 0. The zero-order valence-electron chi connectivity index (χ0n) is 81.8. The molecule has 0 radical (unpaired) electrons.